The lowest BCUT2D eigenvalue weighted by molar-refractivity contribution is -0.179. The van der Waals surface area contributed by atoms with Crippen molar-refractivity contribution in [3.05, 3.63) is 41.6 Å². The number of fused-ring (bicyclic) bond motifs is 4. The molecule has 3 amide bonds. The number of methoxy groups -OCH3 is 1. The molecule has 0 spiro atoms. The van der Waals surface area contributed by atoms with Crippen LogP contribution in [-0.2, 0) is 19.1 Å². The summed E-state index contributed by atoms with van der Waals surface area (Å²) in [6, 6.07) is 3.89. The minimum atomic E-state index is -3.13. The summed E-state index contributed by atoms with van der Waals surface area (Å²) in [5.74, 6) is -6.28. The number of hydrogen-bond donors (Lipinski definition) is 3. The predicted molar refractivity (Wildman–Crippen MR) is 142 cm³/mol. The van der Waals surface area contributed by atoms with Gasteiger partial charge in [0.05, 0.1) is 19.6 Å². The summed E-state index contributed by atoms with van der Waals surface area (Å²) in [6.07, 6.45) is 2.61. The van der Waals surface area contributed by atoms with Crippen LogP contribution in [0.1, 0.15) is 49.0 Å². The molecule has 1 saturated carbocycles. The second-order valence-electron chi connectivity index (χ2n) is 11.3. The number of rotatable bonds is 7. The average molecular weight is 571 g/mol. The van der Waals surface area contributed by atoms with E-state index in [-0.39, 0.29) is 31.0 Å². The molecule has 5 heterocycles. The molecular formula is C29H32F2N4O6. The molecule has 2 aromatic rings. The van der Waals surface area contributed by atoms with Crippen LogP contribution in [-0.4, -0.2) is 77.9 Å². The zero-order chi connectivity index (χ0) is 28.9. The molecular weight excluding hydrogens is 538 g/mol. The van der Waals surface area contributed by atoms with Crippen LogP contribution in [0.15, 0.2) is 35.9 Å². The first-order valence-electron chi connectivity index (χ1n) is 14.0. The molecule has 2 bridgehead atoms. The monoisotopic (exact) mass is 570 g/mol. The first-order chi connectivity index (χ1) is 19.7. The third-order valence-electron chi connectivity index (χ3n) is 8.81. The van der Waals surface area contributed by atoms with Crippen LogP contribution in [0.25, 0.3) is 10.9 Å². The Morgan fingerprint density at radius 3 is 2.78 bits per heavy atom. The molecule has 5 fully saturated rings. The number of halogens is 2. The second kappa shape index (κ2) is 10.5. The number of aromatic nitrogens is 1. The van der Waals surface area contributed by atoms with Crippen LogP contribution in [0.2, 0.25) is 0 Å². The van der Waals surface area contributed by atoms with Gasteiger partial charge in [0, 0.05) is 53.9 Å². The molecule has 3 N–H and O–H groups in total. The Morgan fingerprint density at radius 2 is 2.10 bits per heavy atom. The summed E-state index contributed by atoms with van der Waals surface area (Å²) < 4.78 is 40.9. The third-order valence-corrected chi connectivity index (χ3v) is 8.81. The Morgan fingerprint density at radius 1 is 1.27 bits per heavy atom. The SMILES string of the molecule is COc1cccc2[nH]c(C(=O)N3[C@H]4CC[C@@H]([C@@H]3C(=O)N[C@@H](/C=C3\CCOC3=O)C[C@H]3CCNC3=O)C(F)(F)C4)cc12. The normalized spacial score (nSPS) is 28.6. The molecule has 12 heteroatoms. The molecule has 5 aliphatic rings. The van der Waals surface area contributed by atoms with Gasteiger partial charge in [0.25, 0.3) is 11.8 Å². The van der Waals surface area contributed by atoms with Gasteiger partial charge in [-0.05, 0) is 43.9 Å². The Balaban J connectivity index is 1.32. The maximum atomic E-state index is 15.2. The summed E-state index contributed by atoms with van der Waals surface area (Å²) in [5, 5.41) is 6.25. The first kappa shape index (κ1) is 27.2. The van der Waals surface area contributed by atoms with Crippen molar-refractivity contribution < 1.29 is 37.4 Å². The van der Waals surface area contributed by atoms with Crippen molar-refractivity contribution in [1.29, 1.82) is 0 Å². The van der Waals surface area contributed by atoms with Crippen molar-refractivity contribution >= 4 is 34.6 Å². The van der Waals surface area contributed by atoms with Crippen molar-refractivity contribution in [2.75, 3.05) is 20.3 Å². The maximum Gasteiger partial charge on any atom is 0.333 e. The standard InChI is InChI=1S/C29H32F2N4O6/c1-40-23-4-2-3-21-19(23)13-22(34-21)27(38)35-18-5-6-20(29(30,31)14-18)24(35)26(37)33-17(11-15-7-9-32-25(15)36)12-16-8-10-41-28(16)39/h2-4,12-13,15,17-18,20,24,34H,5-11,14H2,1H3,(H,32,36)(H,33,37)/b16-12+/t15-,17-,18+,20+,24-/m1/s1. The van der Waals surface area contributed by atoms with Crippen molar-refractivity contribution in [2.24, 2.45) is 11.8 Å². The van der Waals surface area contributed by atoms with Gasteiger partial charge in [-0.25, -0.2) is 13.6 Å². The number of amides is 3. The van der Waals surface area contributed by atoms with E-state index in [1.54, 1.807) is 30.3 Å². The highest BCUT2D eigenvalue weighted by molar-refractivity contribution is 6.02. The average Bonchev–Trinajstić information content (AvgIpc) is 3.67. The number of carbonyl (C=O) groups is 4. The number of carbonyl (C=O) groups excluding carboxylic acids is 4. The Bertz CT molecular complexity index is 1440. The molecule has 41 heavy (non-hydrogen) atoms. The van der Waals surface area contributed by atoms with Crippen LogP contribution < -0.4 is 15.4 Å². The lowest BCUT2D eigenvalue weighted by atomic mass is 9.71. The summed E-state index contributed by atoms with van der Waals surface area (Å²) in [7, 11) is 1.52. The molecule has 4 aliphatic heterocycles. The highest BCUT2D eigenvalue weighted by atomic mass is 19.3. The van der Waals surface area contributed by atoms with E-state index in [1.807, 2.05) is 0 Å². The van der Waals surface area contributed by atoms with Crippen LogP contribution in [0.5, 0.6) is 5.75 Å². The van der Waals surface area contributed by atoms with E-state index in [2.05, 4.69) is 15.6 Å². The van der Waals surface area contributed by atoms with E-state index in [0.29, 0.717) is 48.0 Å². The number of nitrogens with zero attached hydrogens (tertiary/aromatic N) is 1. The van der Waals surface area contributed by atoms with Gasteiger partial charge >= 0.3 is 5.97 Å². The van der Waals surface area contributed by atoms with Crippen LogP contribution in [0.4, 0.5) is 8.78 Å². The fourth-order valence-electron chi connectivity index (χ4n) is 6.81. The number of cyclic esters (lactones) is 1. The summed E-state index contributed by atoms with van der Waals surface area (Å²) >= 11 is 0. The molecule has 10 nitrogen and oxygen atoms in total. The van der Waals surface area contributed by atoms with E-state index in [1.165, 1.54) is 12.0 Å². The fourth-order valence-corrected chi connectivity index (χ4v) is 6.81. The molecule has 1 aliphatic carbocycles. The number of piperidine rings is 2. The zero-order valence-electron chi connectivity index (χ0n) is 22.6. The van der Waals surface area contributed by atoms with E-state index < -0.39 is 60.1 Å². The summed E-state index contributed by atoms with van der Waals surface area (Å²) in [5.41, 5.74) is 1.18. The van der Waals surface area contributed by atoms with Gasteiger partial charge in [0.1, 0.15) is 17.5 Å². The topological polar surface area (TPSA) is 130 Å². The van der Waals surface area contributed by atoms with Gasteiger partial charge in [-0.1, -0.05) is 12.1 Å². The Labute approximate surface area is 234 Å². The number of aromatic amines is 1. The highest BCUT2D eigenvalue weighted by Gasteiger charge is 2.60. The van der Waals surface area contributed by atoms with Crippen molar-refractivity contribution in [3.63, 3.8) is 0 Å². The van der Waals surface area contributed by atoms with E-state index in [4.69, 9.17) is 9.47 Å². The minimum absolute atomic E-state index is 0.100. The zero-order valence-corrected chi connectivity index (χ0v) is 22.6. The molecule has 1 aromatic carbocycles. The molecule has 4 saturated heterocycles. The summed E-state index contributed by atoms with van der Waals surface area (Å²) in [6.45, 7) is 0.713. The van der Waals surface area contributed by atoms with E-state index in [0.717, 1.165) is 0 Å². The smallest absolute Gasteiger partial charge is 0.333 e. The summed E-state index contributed by atoms with van der Waals surface area (Å²) in [4.78, 5) is 56.6. The number of H-pyrrole nitrogens is 1. The van der Waals surface area contributed by atoms with Crippen LogP contribution in [0.3, 0.4) is 0 Å². The second-order valence-corrected chi connectivity index (χ2v) is 11.3. The fraction of sp³-hybridized carbons (Fsp3) is 0.517. The van der Waals surface area contributed by atoms with Crippen LogP contribution >= 0.6 is 0 Å². The largest absolute Gasteiger partial charge is 0.496 e. The van der Waals surface area contributed by atoms with E-state index in [9.17, 15) is 19.2 Å². The maximum absolute atomic E-state index is 15.2. The molecule has 5 atom stereocenters. The molecule has 218 valence electrons. The first-order valence-corrected chi connectivity index (χ1v) is 14.0. The highest BCUT2D eigenvalue weighted by Crippen LogP contribution is 2.49. The number of alkyl halides is 2. The molecule has 0 radical (unpaired) electrons. The predicted octanol–water partition coefficient (Wildman–Crippen LogP) is 2.69. The Kier molecular flexibility index (Phi) is 6.95. The van der Waals surface area contributed by atoms with Gasteiger partial charge in [-0.3, -0.25) is 14.4 Å². The number of hydrogen-bond acceptors (Lipinski definition) is 6. The van der Waals surface area contributed by atoms with E-state index >= 15 is 8.78 Å². The lowest BCUT2D eigenvalue weighted by Gasteiger charge is -2.53. The minimum Gasteiger partial charge on any atom is -0.496 e. The van der Waals surface area contributed by atoms with Gasteiger partial charge in [-0.15, -0.1) is 0 Å². The Hall–Kier alpha value is -3.96. The number of benzene rings is 1. The van der Waals surface area contributed by atoms with Crippen molar-refractivity contribution in [3.8, 4) is 5.75 Å². The van der Waals surface area contributed by atoms with Gasteiger partial charge in [-0.2, -0.15) is 0 Å². The van der Waals surface area contributed by atoms with Gasteiger partial charge < -0.3 is 30.0 Å². The number of ether oxygens (including phenoxy) is 2. The third kappa shape index (κ3) is 4.93. The molecule has 1 aromatic heterocycles. The quantitative estimate of drug-likeness (QED) is 0.347. The van der Waals surface area contributed by atoms with Gasteiger partial charge in [0.2, 0.25) is 11.8 Å². The van der Waals surface area contributed by atoms with Crippen molar-refractivity contribution in [1.82, 2.24) is 20.5 Å². The molecule has 7 rings (SSSR count). The number of esters is 1. The molecule has 0 unspecified atom stereocenters. The number of nitrogens with one attached hydrogen (secondary N) is 3. The van der Waals surface area contributed by atoms with Crippen molar-refractivity contribution in [2.45, 2.75) is 62.6 Å². The van der Waals surface area contributed by atoms with Gasteiger partial charge in [0.15, 0.2) is 0 Å². The lowest BCUT2D eigenvalue weighted by Crippen LogP contribution is -2.68. The van der Waals surface area contributed by atoms with Crippen LogP contribution in [0, 0.1) is 11.8 Å².